The topological polar surface area (TPSA) is 53.1 Å². The van der Waals surface area contributed by atoms with Crippen molar-refractivity contribution >= 4 is 28.0 Å². The van der Waals surface area contributed by atoms with Crippen LogP contribution in [0.4, 0.5) is 0 Å². The summed E-state index contributed by atoms with van der Waals surface area (Å²) in [5.41, 5.74) is 0.932. The zero-order valence-corrected chi connectivity index (χ0v) is 9.55. The molecule has 0 aliphatic carbocycles. The van der Waals surface area contributed by atoms with E-state index in [2.05, 4.69) is 26.3 Å². The highest BCUT2D eigenvalue weighted by Crippen LogP contribution is 2.27. The highest BCUT2D eigenvalue weighted by molar-refractivity contribution is 8.14. The number of nitrogens with zero attached hydrogens (tertiary/aromatic N) is 2. The average molecular weight is 232 g/mol. The van der Waals surface area contributed by atoms with Crippen molar-refractivity contribution in [3.8, 4) is 0 Å². The predicted molar refractivity (Wildman–Crippen MR) is 66.9 cm³/mol. The van der Waals surface area contributed by atoms with Gasteiger partial charge >= 0.3 is 0 Å². The Balaban J connectivity index is 1.91. The van der Waals surface area contributed by atoms with Gasteiger partial charge in [0, 0.05) is 35.8 Å². The standard InChI is InChI=1S/C11H12N4S/c1-3-8-9(7-15-10(8)12-4-1)16-11-13-5-2-6-14-11/h1,3-4,7H,2,5-6H2,(H,12,15)(H,13,14). The number of thioether (sulfide) groups is 1. The summed E-state index contributed by atoms with van der Waals surface area (Å²) in [6.45, 7) is 1.95. The third-order valence-corrected chi connectivity index (χ3v) is 3.51. The fourth-order valence-electron chi connectivity index (χ4n) is 1.70. The second-order valence-electron chi connectivity index (χ2n) is 3.62. The van der Waals surface area contributed by atoms with E-state index in [1.807, 2.05) is 12.3 Å². The maximum absolute atomic E-state index is 4.45. The molecule has 0 unspecified atom stereocenters. The normalized spacial score (nSPS) is 15.9. The zero-order chi connectivity index (χ0) is 10.8. The summed E-state index contributed by atoms with van der Waals surface area (Å²) in [4.78, 5) is 13.1. The van der Waals surface area contributed by atoms with Gasteiger partial charge in [0.25, 0.3) is 0 Å². The third-order valence-electron chi connectivity index (χ3n) is 2.49. The molecule has 0 spiro atoms. The molecular formula is C11H12N4S. The number of aromatic nitrogens is 2. The Morgan fingerprint density at radius 2 is 2.38 bits per heavy atom. The number of aliphatic imine (C=N–C) groups is 1. The molecular weight excluding hydrogens is 220 g/mol. The fourth-order valence-corrected chi connectivity index (χ4v) is 2.63. The molecule has 0 radical (unpaired) electrons. The van der Waals surface area contributed by atoms with Crippen LogP contribution in [-0.2, 0) is 0 Å². The second-order valence-corrected chi connectivity index (χ2v) is 4.65. The molecule has 0 saturated heterocycles. The number of rotatable bonds is 1. The zero-order valence-electron chi connectivity index (χ0n) is 8.73. The number of fused-ring (bicyclic) bond motifs is 1. The largest absolute Gasteiger partial charge is 0.365 e. The van der Waals surface area contributed by atoms with Crippen LogP contribution in [-0.4, -0.2) is 28.2 Å². The number of pyridine rings is 1. The summed E-state index contributed by atoms with van der Waals surface area (Å²) in [6.07, 6.45) is 4.91. The molecule has 1 aliphatic heterocycles. The first-order valence-electron chi connectivity index (χ1n) is 5.32. The van der Waals surface area contributed by atoms with Gasteiger partial charge in [-0.3, -0.25) is 4.99 Å². The van der Waals surface area contributed by atoms with Gasteiger partial charge in [-0.2, -0.15) is 0 Å². The highest BCUT2D eigenvalue weighted by Gasteiger charge is 2.10. The van der Waals surface area contributed by atoms with Crippen molar-refractivity contribution in [2.45, 2.75) is 11.3 Å². The van der Waals surface area contributed by atoms with Crippen LogP contribution in [0, 0.1) is 0 Å². The predicted octanol–water partition coefficient (Wildman–Crippen LogP) is 2.00. The molecule has 0 aromatic carbocycles. The molecule has 3 heterocycles. The SMILES string of the molecule is c1cnc2[nH]cc(SC3=NCCCN3)c2c1. The number of nitrogens with one attached hydrogen (secondary N) is 2. The van der Waals surface area contributed by atoms with Gasteiger partial charge in [-0.05, 0) is 18.6 Å². The number of amidine groups is 1. The molecule has 1 aliphatic rings. The van der Waals surface area contributed by atoms with Crippen molar-refractivity contribution in [1.82, 2.24) is 15.3 Å². The van der Waals surface area contributed by atoms with Crippen molar-refractivity contribution < 1.29 is 0 Å². The second kappa shape index (κ2) is 4.17. The van der Waals surface area contributed by atoms with Crippen LogP contribution in [0.5, 0.6) is 0 Å². The lowest BCUT2D eigenvalue weighted by Crippen LogP contribution is -2.26. The Bertz CT molecular complexity index is 532. The molecule has 0 bridgehead atoms. The van der Waals surface area contributed by atoms with E-state index in [1.54, 1.807) is 18.0 Å². The van der Waals surface area contributed by atoms with Gasteiger partial charge in [0.2, 0.25) is 0 Å². The van der Waals surface area contributed by atoms with E-state index in [-0.39, 0.29) is 0 Å². The molecule has 4 nitrogen and oxygen atoms in total. The summed E-state index contributed by atoms with van der Waals surface area (Å²) in [6, 6.07) is 4.03. The van der Waals surface area contributed by atoms with Gasteiger partial charge in [-0.25, -0.2) is 4.98 Å². The summed E-state index contributed by atoms with van der Waals surface area (Å²) in [7, 11) is 0. The lowest BCUT2D eigenvalue weighted by Gasteiger charge is -2.12. The summed E-state index contributed by atoms with van der Waals surface area (Å²) in [5.74, 6) is 0. The van der Waals surface area contributed by atoms with Crippen LogP contribution >= 0.6 is 11.8 Å². The number of hydrogen-bond acceptors (Lipinski definition) is 4. The highest BCUT2D eigenvalue weighted by atomic mass is 32.2. The average Bonchev–Trinajstić information content (AvgIpc) is 2.74. The molecule has 82 valence electrons. The monoisotopic (exact) mass is 232 g/mol. The molecule has 2 N–H and O–H groups in total. The smallest absolute Gasteiger partial charge is 0.161 e. The molecule has 0 saturated carbocycles. The van der Waals surface area contributed by atoms with E-state index in [4.69, 9.17) is 0 Å². The Hall–Kier alpha value is -1.49. The van der Waals surface area contributed by atoms with Crippen LogP contribution in [0.2, 0.25) is 0 Å². The van der Waals surface area contributed by atoms with Gasteiger partial charge in [-0.15, -0.1) is 0 Å². The molecule has 0 atom stereocenters. The Labute approximate surface area is 97.6 Å². The van der Waals surface area contributed by atoms with Crippen LogP contribution in [0.1, 0.15) is 6.42 Å². The van der Waals surface area contributed by atoms with Crippen molar-refractivity contribution in [3.63, 3.8) is 0 Å². The summed E-state index contributed by atoms with van der Waals surface area (Å²) in [5, 5.41) is 5.47. The summed E-state index contributed by atoms with van der Waals surface area (Å²) >= 11 is 1.67. The van der Waals surface area contributed by atoms with E-state index in [0.717, 1.165) is 35.7 Å². The Morgan fingerprint density at radius 3 is 3.25 bits per heavy atom. The van der Waals surface area contributed by atoms with Crippen LogP contribution in [0.15, 0.2) is 34.4 Å². The molecule has 2 aromatic heterocycles. The molecule has 5 heteroatoms. The third kappa shape index (κ3) is 1.78. The van der Waals surface area contributed by atoms with Gasteiger partial charge in [0.05, 0.1) is 0 Å². The Morgan fingerprint density at radius 1 is 1.38 bits per heavy atom. The van der Waals surface area contributed by atoms with Gasteiger partial charge in [0.15, 0.2) is 5.17 Å². The van der Waals surface area contributed by atoms with Gasteiger partial charge in [0.1, 0.15) is 5.65 Å². The van der Waals surface area contributed by atoms with Crippen molar-refractivity contribution in [1.29, 1.82) is 0 Å². The molecule has 0 fully saturated rings. The van der Waals surface area contributed by atoms with E-state index in [1.165, 1.54) is 4.90 Å². The van der Waals surface area contributed by atoms with Crippen LogP contribution in [0.25, 0.3) is 11.0 Å². The Kier molecular flexibility index (Phi) is 2.53. The molecule has 3 rings (SSSR count). The minimum absolute atomic E-state index is 0.927. The van der Waals surface area contributed by atoms with Crippen LogP contribution in [0.3, 0.4) is 0 Å². The lowest BCUT2D eigenvalue weighted by molar-refractivity contribution is 0.751. The van der Waals surface area contributed by atoms with Gasteiger partial charge < -0.3 is 10.3 Å². The number of hydrogen-bond donors (Lipinski definition) is 2. The first kappa shape index (κ1) is 9.72. The van der Waals surface area contributed by atoms with E-state index in [0.29, 0.717) is 0 Å². The van der Waals surface area contributed by atoms with E-state index >= 15 is 0 Å². The first-order valence-corrected chi connectivity index (χ1v) is 6.13. The van der Waals surface area contributed by atoms with Gasteiger partial charge in [-0.1, -0.05) is 11.8 Å². The van der Waals surface area contributed by atoms with E-state index < -0.39 is 0 Å². The molecule has 16 heavy (non-hydrogen) atoms. The molecule has 2 aromatic rings. The minimum atomic E-state index is 0.927. The van der Waals surface area contributed by atoms with Crippen molar-refractivity contribution in [2.75, 3.05) is 13.1 Å². The number of aromatic amines is 1. The maximum atomic E-state index is 4.45. The minimum Gasteiger partial charge on any atom is -0.365 e. The van der Waals surface area contributed by atoms with Crippen LogP contribution < -0.4 is 5.32 Å². The fraction of sp³-hybridized carbons (Fsp3) is 0.273. The number of H-pyrrole nitrogens is 1. The molecule has 0 amide bonds. The lowest BCUT2D eigenvalue weighted by atomic mass is 10.3. The maximum Gasteiger partial charge on any atom is 0.161 e. The van der Waals surface area contributed by atoms with E-state index in [9.17, 15) is 0 Å². The van der Waals surface area contributed by atoms with Crippen molar-refractivity contribution in [3.05, 3.63) is 24.5 Å². The first-order chi connectivity index (χ1) is 7.93. The van der Waals surface area contributed by atoms with Crippen molar-refractivity contribution in [2.24, 2.45) is 4.99 Å². The summed E-state index contributed by atoms with van der Waals surface area (Å²) < 4.78 is 0. The quantitative estimate of drug-likeness (QED) is 0.790.